The number of aliphatic hydroxyl groups is 1. The molecule has 6 rings (SSSR count). The molecule has 0 amide bonds. The van der Waals surface area contributed by atoms with Crippen molar-refractivity contribution in [2.24, 2.45) is 4.36 Å². The second kappa shape index (κ2) is 9.21. The lowest BCUT2D eigenvalue weighted by atomic mass is 10.0. The van der Waals surface area contributed by atoms with Crippen LogP contribution in [0.3, 0.4) is 0 Å². The van der Waals surface area contributed by atoms with E-state index in [9.17, 15) is 9.32 Å². The summed E-state index contributed by atoms with van der Waals surface area (Å²) in [4.78, 5) is 8.27. The summed E-state index contributed by atoms with van der Waals surface area (Å²) in [5.74, 6) is -0.0190. The van der Waals surface area contributed by atoms with Gasteiger partial charge in [0.1, 0.15) is 24.0 Å². The number of pyridine rings is 1. The molecule has 4 aromatic rings. The van der Waals surface area contributed by atoms with Crippen LogP contribution in [0.15, 0.2) is 69.9 Å². The molecule has 0 saturated carbocycles. The lowest BCUT2D eigenvalue weighted by Crippen LogP contribution is -2.34. The fraction of sp³-hybridized carbons (Fsp3) is 0.296. The zero-order chi connectivity index (χ0) is 25.7. The van der Waals surface area contributed by atoms with Gasteiger partial charge in [0.05, 0.1) is 34.0 Å². The third-order valence-electron chi connectivity index (χ3n) is 6.92. The first-order valence-electron chi connectivity index (χ1n) is 11.9. The molecule has 0 radical (unpaired) electrons. The van der Waals surface area contributed by atoms with E-state index in [2.05, 4.69) is 14.3 Å². The van der Waals surface area contributed by atoms with Gasteiger partial charge < -0.3 is 24.3 Å². The highest BCUT2D eigenvalue weighted by Gasteiger charge is 2.48. The summed E-state index contributed by atoms with van der Waals surface area (Å²) >= 11 is 0. The maximum absolute atomic E-state index is 15.0. The molecule has 5 atom stereocenters. The van der Waals surface area contributed by atoms with Crippen LogP contribution in [0.2, 0.25) is 0 Å². The van der Waals surface area contributed by atoms with Crippen molar-refractivity contribution in [2.45, 2.75) is 29.3 Å². The Labute approximate surface area is 213 Å². The van der Waals surface area contributed by atoms with Gasteiger partial charge in [0.2, 0.25) is 0 Å². The number of H-pyrrole nitrogens is 1. The Morgan fingerprint density at radius 2 is 1.68 bits per heavy atom. The molecular formula is C27H26FN3O5S. The van der Waals surface area contributed by atoms with Gasteiger partial charge in [0, 0.05) is 35.9 Å². The van der Waals surface area contributed by atoms with Crippen LogP contribution in [0, 0.1) is 5.82 Å². The average molecular weight is 524 g/mol. The lowest BCUT2D eigenvalue weighted by molar-refractivity contribution is 0.00794. The maximum Gasteiger partial charge on any atom is 0.193 e. The van der Waals surface area contributed by atoms with E-state index in [1.165, 1.54) is 6.07 Å². The van der Waals surface area contributed by atoms with E-state index in [4.69, 9.17) is 14.2 Å². The van der Waals surface area contributed by atoms with Crippen molar-refractivity contribution < 1.29 is 27.9 Å². The normalized spacial score (nSPS) is 24.6. The largest absolute Gasteiger partial charge is 0.470 e. The molecule has 2 N–H and O–H groups in total. The van der Waals surface area contributed by atoms with Crippen LogP contribution >= 0.6 is 0 Å². The monoisotopic (exact) mass is 523 g/mol. The Kier molecular flexibility index (Phi) is 5.99. The minimum atomic E-state index is -2.38. The third kappa shape index (κ3) is 4.40. The van der Waals surface area contributed by atoms with Gasteiger partial charge in [-0.25, -0.2) is 17.9 Å². The van der Waals surface area contributed by atoms with Crippen molar-refractivity contribution in [2.75, 3.05) is 26.5 Å². The van der Waals surface area contributed by atoms with Crippen LogP contribution in [0.25, 0.3) is 33.4 Å². The Balaban J connectivity index is 1.23. The number of benzene rings is 2. The quantitative estimate of drug-likeness (QED) is 0.409. The number of ether oxygens (including phenoxy) is 3. The van der Waals surface area contributed by atoms with E-state index in [0.717, 1.165) is 11.1 Å². The molecule has 192 valence electrons. The number of nitrogens with one attached hydrogen (secondary N) is 1. The number of halogens is 1. The van der Waals surface area contributed by atoms with Gasteiger partial charge in [-0.05, 0) is 23.3 Å². The Hall–Kier alpha value is -3.31. The molecule has 2 aromatic heterocycles. The van der Waals surface area contributed by atoms with Crippen LogP contribution in [0.1, 0.15) is 0 Å². The molecule has 4 heterocycles. The van der Waals surface area contributed by atoms with E-state index in [1.54, 1.807) is 19.4 Å². The summed E-state index contributed by atoms with van der Waals surface area (Å²) in [6.45, 7) is 0.521. The molecule has 2 aliphatic heterocycles. The number of rotatable bonds is 5. The number of hydrogen-bond acceptors (Lipinski definition) is 7. The molecule has 2 aromatic carbocycles. The smallest absolute Gasteiger partial charge is 0.193 e. The zero-order valence-electron chi connectivity index (χ0n) is 20.3. The summed E-state index contributed by atoms with van der Waals surface area (Å²) in [6.07, 6.45) is -0.151. The van der Waals surface area contributed by atoms with Crippen molar-refractivity contribution in [3.05, 3.63) is 66.5 Å². The van der Waals surface area contributed by atoms with E-state index in [-0.39, 0.29) is 24.5 Å². The third-order valence-corrected chi connectivity index (χ3v) is 8.77. The molecular weight excluding hydrogens is 497 g/mol. The second-order valence-corrected chi connectivity index (χ2v) is 11.7. The maximum atomic E-state index is 15.0. The topological polar surface area (TPSA) is 106 Å². The molecule has 2 aliphatic rings. The fourth-order valence-electron chi connectivity index (χ4n) is 4.81. The number of aliphatic hydroxyl groups excluding tert-OH is 1. The van der Waals surface area contributed by atoms with Gasteiger partial charge in [-0.2, -0.15) is 0 Å². The molecule has 2 unspecified atom stereocenters. The van der Waals surface area contributed by atoms with Crippen LogP contribution < -0.4 is 4.74 Å². The predicted octanol–water partition coefficient (Wildman–Crippen LogP) is 4.03. The van der Waals surface area contributed by atoms with Crippen LogP contribution in [0.4, 0.5) is 4.39 Å². The zero-order valence-corrected chi connectivity index (χ0v) is 21.1. The Morgan fingerprint density at radius 3 is 2.38 bits per heavy atom. The van der Waals surface area contributed by atoms with Crippen LogP contribution in [-0.2, 0) is 19.2 Å². The van der Waals surface area contributed by atoms with Gasteiger partial charge in [0.15, 0.2) is 17.8 Å². The van der Waals surface area contributed by atoms with Gasteiger partial charge >= 0.3 is 0 Å². The number of fused-ring (bicyclic) bond motifs is 2. The molecule has 37 heavy (non-hydrogen) atoms. The van der Waals surface area contributed by atoms with E-state index in [1.807, 2.05) is 48.5 Å². The SMILES string of the molecule is CN=S(C)(=O)c1ccc(-c2ccc(-c3nc4cc(O[C@@H]5COC6[C@H](O)CO[C@@H]65)[nH]c4cc3F)cc2)cc1. The van der Waals surface area contributed by atoms with Gasteiger partial charge in [-0.1, -0.05) is 36.4 Å². The highest BCUT2D eigenvalue weighted by molar-refractivity contribution is 7.93. The predicted molar refractivity (Wildman–Crippen MR) is 138 cm³/mol. The molecule has 2 fully saturated rings. The van der Waals surface area contributed by atoms with Crippen molar-refractivity contribution in [1.82, 2.24) is 9.97 Å². The first-order chi connectivity index (χ1) is 17.8. The lowest BCUT2D eigenvalue weighted by Gasteiger charge is -2.16. The second-order valence-electron chi connectivity index (χ2n) is 9.29. The van der Waals surface area contributed by atoms with Crippen molar-refractivity contribution in [3.63, 3.8) is 0 Å². The summed E-state index contributed by atoms with van der Waals surface area (Å²) in [6, 6.07) is 18.0. The first-order valence-corrected chi connectivity index (χ1v) is 13.8. The Bertz CT molecular complexity index is 1580. The molecule has 0 aliphatic carbocycles. The number of aromatic amines is 1. The minimum absolute atomic E-state index is 0.220. The van der Waals surface area contributed by atoms with E-state index in [0.29, 0.717) is 34.0 Å². The summed E-state index contributed by atoms with van der Waals surface area (Å²) in [7, 11) is -0.830. The summed E-state index contributed by atoms with van der Waals surface area (Å²) < 4.78 is 48.6. The highest BCUT2D eigenvalue weighted by Crippen LogP contribution is 2.32. The van der Waals surface area contributed by atoms with Gasteiger partial charge in [-0.3, -0.25) is 0 Å². The fourth-order valence-corrected chi connectivity index (χ4v) is 5.66. The molecule has 10 heteroatoms. The molecule has 0 spiro atoms. The standard InChI is InChI=1S/C27H26FN3O5S/c1-29-37(2,33)18-9-7-16(8-10-18)15-3-5-17(6-4-15)25-19(28)11-20-21(31-25)12-24(30-20)36-23-14-35-26-22(32)13-34-27(23)26/h3-12,22-23,26-27,30,32H,13-14H2,1-2H3/t22-,23-,26?,27-,37?/m1/s1. The number of aromatic nitrogens is 2. The van der Waals surface area contributed by atoms with E-state index >= 15 is 4.39 Å². The number of hydrogen-bond donors (Lipinski definition) is 2. The molecule has 2 saturated heterocycles. The highest BCUT2D eigenvalue weighted by atomic mass is 32.2. The average Bonchev–Trinajstić information content (AvgIpc) is 3.60. The minimum Gasteiger partial charge on any atom is -0.470 e. The molecule has 8 nitrogen and oxygen atoms in total. The van der Waals surface area contributed by atoms with Crippen LogP contribution in [-0.4, -0.2) is 70.2 Å². The Morgan fingerprint density at radius 1 is 1.03 bits per heavy atom. The molecule has 0 bridgehead atoms. The van der Waals surface area contributed by atoms with Gasteiger partial charge in [0.25, 0.3) is 0 Å². The van der Waals surface area contributed by atoms with Crippen molar-refractivity contribution in [1.29, 1.82) is 0 Å². The van der Waals surface area contributed by atoms with Gasteiger partial charge in [-0.15, -0.1) is 0 Å². The summed E-state index contributed by atoms with van der Waals surface area (Å²) in [5, 5.41) is 9.92. The number of nitrogens with zero attached hydrogens (tertiary/aromatic N) is 2. The van der Waals surface area contributed by atoms with Crippen molar-refractivity contribution >= 4 is 20.8 Å². The first kappa shape index (κ1) is 24.1. The van der Waals surface area contributed by atoms with Crippen LogP contribution in [0.5, 0.6) is 5.88 Å². The van der Waals surface area contributed by atoms with Crippen molar-refractivity contribution in [3.8, 4) is 28.3 Å². The summed E-state index contributed by atoms with van der Waals surface area (Å²) in [5.41, 5.74) is 3.86. The van der Waals surface area contributed by atoms with E-state index < -0.39 is 27.8 Å².